The molecular weight excluding hydrogens is 162 g/mol. The molecule has 0 fully saturated rings. The zero-order valence-corrected chi connectivity index (χ0v) is 8.98. The van der Waals surface area contributed by atoms with E-state index >= 15 is 0 Å². The molecule has 0 radical (unpaired) electrons. The van der Waals surface area contributed by atoms with Crippen LogP contribution in [0.15, 0.2) is 0 Å². The van der Waals surface area contributed by atoms with Gasteiger partial charge in [0.15, 0.2) is 0 Å². The molecule has 0 amide bonds. The first-order valence-electron chi connectivity index (χ1n) is 4.00. The van der Waals surface area contributed by atoms with Gasteiger partial charge in [0, 0.05) is 19.3 Å². The molecular formula is C7H21NO2S. The van der Waals surface area contributed by atoms with E-state index in [1.807, 2.05) is 27.7 Å². The summed E-state index contributed by atoms with van der Waals surface area (Å²) < 4.78 is 19.7. The molecule has 0 aliphatic heterocycles. The van der Waals surface area contributed by atoms with E-state index in [1.54, 1.807) is 4.31 Å². The third-order valence-electron chi connectivity index (χ3n) is 1.19. The maximum absolute atomic E-state index is 9.04. The normalized spacial score (nSPS) is 12.4. The van der Waals surface area contributed by atoms with Crippen molar-refractivity contribution in [3.8, 4) is 0 Å². The number of nitrogens with zero attached hydrogens (tertiary/aromatic N) is 1. The van der Waals surface area contributed by atoms with E-state index in [9.17, 15) is 0 Å². The minimum atomic E-state index is -2.43. The summed E-state index contributed by atoms with van der Waals surface area (Å²) in [6.07, 6.45) is 1.44. The lowest BCUT2D eigenvalue weighted by Gasteiger charge is -2.38. The highest BCUT2D eigenvalue weighted by Gasteiger charge is 2.11. The van der Waals surface area contributed by atoms with Gasteiger partial charge in [-0.2, -0.15) is 0 Å². The SMILES string of the molecule is CC.CCN(CC)S(C)(O)O. The molecule has 4 heteroatoms. The van der Waals surface area contributed by atoms with E-state index in [2.05, 4.69) is 0 Å². The standard InChI is InChI=1S/C5H15NO2S.C2H6/c1-4-6(5-2)9(3,7)8;1-2/h7-8H,4-5H2,1-3H3;1-2H3. The summed E-state index contributed by atoms with van der Waals surface area (Å²) in [6, 6.07) is 0. The van der Waals surface area contributed by atoms with E-state index < -0.39 is 10.8 Å². The summed E-state index contributed by atoms with van der Waals surface area (Å²) in [5.41, 5.74) is 0. The summed E-state index contributed by atoms with van der Waals surface area (Å²) in [5.74, 6) is 0. The fraction of sp³-hybridized carbons (Fsp3) is 1.00. The number of hydrogen-bond acceptors (Lipinski definition) is 3. The molecule has 0 bridgehead atoms. The van der Waals surface area contributed by atoms with Crippen LogP contribution < -0.4 is 0 Å². The molecule has 0 saturated heterocycles. The van der Waals surface area contributed by atoms with Crippen LogP contribution in [0.25, 0.3) is 0 Å². The van der Waals surface area contributed by atoms with Crippen molar-refractivity contribution in [1.82, 2.24) is 4.31 Å². The lowest BCUT2D eigenvalue weighted by atomic mass is 10.7. The van der Waals surface area contributed by atoms with Gasteiger partial charge in [0.05, 0.1) is 0 Å². The molecule has 11 heavy (non-hydrogen) atoms. The van der Waals surface area contributed by atoms with Crippen LogP contribution in [0.4, 0.5) is 0 Å². The highest BCUT2D eigenvalue weighted by molar-refractivity contribution is 8.21. The summed E-state index contributed by atoms with van der Waals surface area (Å²) in [4.78, 5) is 0. The van der Waals surface area contributed by atoms with E-state index in [0.29, 0.717) is 13.1 Å². The third-order valence-corrected chi connectivity index (χ3v) is 2.69. The molecule has 0 atom stereocenters. The van der Waals surface area contributed by atoms with Crippen molar-refractivity contribution in [2.75, 3.05) is 19.3 Å². The van der Waals surface area contributed by atoms with Crippen molar-refractivity contribution in [3.05, 3.63) is 0 Å². The molecule has 0 aliphatic carbocycles. The Balaban J connectivity index is 0. The van der Waals surface area contributed by atoms with Crippen molar-refractivity contribution in [2.45, 2.75) is 27.7 Å². The van der Waals surface area contributed by atoms with Crippen molar-refractivity contribution < 1.29 is 9.11 Å². The van der Waals surface area contributed by atoms with Crippen LogP contribution in [0.5, 0.6) is 0 Å². The predicted molar refractivity (Wildman–Crippen MR) is 53.0 cm³/mol. The van der Waals surface area contributed by atoms with Gasteiger partial charge < -0.3 is 0 Å². The van der Waals surface area contributed by atoms with E-state index in [1.165, 1.54) is 6.26 Å². The lowest BCUT2D eigenvalue weighted by Crippen LogP contribution is -2.25. The Labute approximate surface area is 71.9 Å². The Morgan fingerprint density at radius 3 is 1.36 bits per heavy atom. The maximum atomic E-state index is 9.04. The van der Waals surface area contributed by atoms with Crippen LogP contribution in [-0.2, 0) is 0 Å². The number of hydrogen-bond donors (Lipinski definition) is 2. The molecule has 0 aromatic carbocycles. The van der Waals surface area contributed by atoms with Gasteiger partial charge in [0.2, 0.25) is 0 Å². The first-order valence-corrected chi connectivity index (χ1v) is 5.91. The molecule has 0 aliphatic rings. The molecule has 0 aromatic heterocycles. The van der Waals surface area contributed by atoms with Crippen molar-refractivity contribution in [3.63, 3.8) is 0 Å². The average Bonchev–Trinajstić information content (AvgIpc) is 1.92. The Morgan fingerprint density at radius 2 is 1.36 bits per heavy atom. The monoisotopic (exact) mass is 183 g/mol. The van der Waals surface area contributed by atoms with Crippen LogP contribution in [0.1, 0.15) is 27.7 Å². The Hall–Kier alpha value is 0.230. The van der Waals surface area contributed by atoms with Crippen LogP contribution in [0.2, 0.25) is 0 Å². The van der Waals surface area contributed by atoms with Gasteiger partial charge in [0.25, 0.3) is 0 Å². The van der Waals surface area contributed by atoms with Crippen LogP contribution >= 0.6 is 10.8 Å². The quantitative estimate of drug-likeness (QED) is 0.707. The smallest absolute Gasteiger partial charge is 0.0418 e. The molecule has 0 saturated carbocycles. The second-order valence-corrected chi connectivity index (χ2v) is 4.01. The maximum Gasteiger partial charge on any atom is 0.0418 e. The summed E-state index contributed by atoms with van der Waals surface area (Å²) in [7, 11) is -2.43. The van der Waals surface area contributed by atoms with Crippen LogP contribution in [0, 0.1) is 0 Å². The summed E-state index contributed by atoms with van der Waals surface area (Å²) in [6.45, 7) is 9.19. The van der Waals surface area contributed by atoms with Crippen molar-refractivity contribution in [1.29, 1.82) is 0 Å². The fourth-order valence-electron chi connectivity index (χ4n) is 0.713. The van der Waals surface area contributed by atoms with Gasteiger partial charge in [-0.15, -0.1) is 10.8 Å². The molecule has 0 unspecified atom stereocenters. The van der Waals surface area contributed by atoms with Crippen LogP contribution in [-0.4, -0.2) is 32.8 Å². The zero-order valence-electron chi connectivity index (χ0n) is 8.16. The lowest BCUT2D eigenvalue weighted by molar-refractivity contribution is 0.373. The largest absolute Gasteiger partial charge is 0.286 e. The molecule has 3 nitrogen and oxygen atoms in total. The summed E-state index contributed by atoms with van der Waals surface area (Å²) >= 11 is 0. The second-order valence-electron chi connectivity index (χ2n) is 1.91. The minimum Gasteiger partial charge on any atom is -0.286 e. The van der Waals surface area contributed by atoms with Gasteiger partial charge >= 0.3 is 0 Å². The summed E-state index contributed by atoms with van der Waals surface area (Å²) in [5, 5.41) is 0. The minimum absolute atomic E-state index is 0.690. The Bertz CT molecular complexity index is 79.0. The molecule has 72 valence electrons. The van der Waals surface area contributed by atoms with Crippen LogP contribution in [0.3, 0.4) is 0 Å². The van der Waals surface area contributed by atoms with E-state index in [4.69, 9.17) is 9.11 Å². The van der Waals surface area contributed by atoms with Gasteiger partial charge in [-0.3, -0.25) is 9.11 Å². The zero-order chi connectivity index (χ0) is 9.49. The molecule has 0 spiro atoms. The first-order chi connectivity index (χ1) is 5.02. The molecule has 2 N–H and O–H groups in total. The average molecular weight is 183 g/mol. The van der Waals surface area contributed by atoms with Gasteiger partial charge in [-0.1, -0.05) is 27.7 Å². The molecule has 0 rings (SSSR count). The highest BCUT2D eigenvalue weighted by Crippen LogP contribution is 2.37. The van der Waals surface area contributed by atoms with Crippen molar-refractivity contribution >= 4 is 10.8 Å². The molecule has 0 heterocycles. The Kier molecular flexibility index (Phi) is 8.67. The van der Waals surface area contributed by atoms with E-state index in [0.717, 1.165) is 0 Å². The fourth-order valence-corrected chi connectivity index (χ4v) is 1.69. The third kappa shape index (κ3) is 6.62. The number of rotatable bonds is 3. The topological polar surface area (TPSA) is 43.7 Å². The Morgan fingerprint density at radius 1 is 1.09 bits per heavy atom. The van der Waals surface area contributed by atoms with E-state index in [-0.39, 0.29) is 0 Å². The first kappa shape index (κ1) is 13.8. The second kappa shape index (κ2) is 6.91. The molecule has 0 aromatic rings. The van der Waals surface area contributed by atoms with Gasteiger partial charge in [-0.25, -0.2) is 4.31 Å². The highest BCUT2D eigenvalue weighted by atomic mass is 32.3. The predicted octanol–water partition coefficient (Wildman–Crippen LogP) is 2.65. The van der Waals surface area contributed by atoms with Crippen molar-refractivity contribution in [2.24, 2.45) is 0 Å². The van der Waals surface area contributed by atoms with Gasteiger partial charge in [0.1, 0.15) is 0 Å². The van der Waals surface area contributed by atoms with Gasteiger partial charge in [-0.05, 0) is 0 Å².